The minimum atomic E-state index is 0.0112. The zero-order valence-electron chi connectivity index (χ0n) is 16.4. The van der Waals surface area contributed by atoms with E-state index in [1.807, 2.05) is 36.3 Å². The van der Waals surface area contributed by atoms with Crippen molar-refractivity contribution in [2.24, 2.45) is 12.0 Å². The minimum absolute atomic E-state index is 0.0112. The van der Waals surface area contributed by atoms with Crippen molar-refractivity contribution in [1.82, 2.24) is 20.0 Å². The van der Waals surface area contributed by atoms with Crippen molar-refractivity contribution in [2.45, 2.75) is 26.2 Å². The summed E-state index contributed by atoms with van der Waals surface area (Å²) in [4.78, 5) is 7.15. The summed E-state index contributed by atoms with van der Waals surface area (Å²) in [6.45, 7) is 6.39. The van der Waals surface area contributed by atoms with Gasteiger partial charge < -0.3 is 19.7 Å². The summed E-state index contributed by atoms with van der Waals surface area (Å²) >= 11 is 0. The van der Waals surface area contributed by atoms with E-state index in [0.717, 1.165) is 31.2 Å². The Morgan fingerprint density at radius 2 is 2.19 bits per heavy atom. The molecule has 1 atom stereocenters. The molecule has 0 aliphatic carbocycles. The molecular formula is C20H29N5O2. The van der Waals surface area contributed by atoms with Crippen molar-refractivity contribution in [2.75, 3.05) is 33.4 Å². The molecular weight excluding hydrogens is 342 g/mol. The molecule has 0 saturated carbocycles. The molecule has 1 N–H and O–H groups in total. The van der Waals surface area contributed by atoms with Gasteiger partial charge in [-0.15, -0.1) is 0 Å². The van der Waals surface area contributed by atoms with Crippen LogP contribution in [0.4, 0.5) is 0 Å². The van der Waals surface area contributed by atoms with E-state index in [1.54, 1.807) is 7.11 Å². The van der Waals surface area contributed by atoms with Crippen LogP contribution in [0.1, 0.15) is 29.7 Å². The van der Waals surface area contributed by atoms with E-state index in [4.69, 9.17) is 14.5 Å². The number of nitrogens with one attached hydrogen (secondary N) is 1. The van der Waals surface area contributed by atoms with Crippen molar-refractivity contribution < 1.29 is 9.47 Å². The van der Waals surface area contributed by atoms with Crippen LogP contribution in [-0.2, 0) is 29.7 Å². The van der Waals surface area contributed by atoms with E-state index in [0.29, 0.717) is 19.8 Å². The number of guanidine groups is 1. The van der Waals surface area contributed by atoms with Gasteiger partial charge in [0.2, 0.25) is 0 Å². The molecule has 0 radical (unpaired) electrons. The lowest BCUT2D eigenvalue weighted by Crippen LogP contribution is -2.48. The highest BCUT2D eigenvalue weighted by Crippen LogP contribution is 2.22. The predicted molar refractivity (Wildman–Crippen MR) is 105 cm³/mol. The number of hydrogen-bond acceptors (Lipinski definition) is 4. The van der Waals surface area contributed by atoms with Gasteiger partial charge in [0.25, 0.3) is 0 Å². The quantitative estimate of drug-likeness (QED) is 0.622. The van der Waals surface area contributed by atoms with Crippen LogP contribution in [0.15, 0.2) is 41.7 Å². The molecule has 146 valence electrons. The monoisotopic (exact) mass is 371 g/mol. The number of aliphatic imine (C=N–C) groups is 1. The fourth-order valence-electron chi connectivity index (χ4n) is 3.24. The molecule has 7 nitrogen and oxygen atoms in total. The summed E-state index contributed by atoms with van der Waals surface area (Å²) < 4.78 is 13.1. The maximum atomic E-state index is 5.96. The van der Waals surface area contributed by atoms with E-state index >= 15 is 0 Å². The molecule has 2 heterocycles. The number of morpholine rings is 1. The van der Waals surface area contributed by atoms with Crippen LogP contribution >= 0.6 is 0 Å². The zero-order valence-corrected chi connectivity index (χ0v) is 16.4. The van der Waals surface area contributed by atoms with Crippen molar-refractivity contribution in [3.8, 4) is 0 Å². The number of methoxy groups -OCH3 is 1. The molecule has 1 fully saturated rings. The lowest BCUT2D eigenvalue weighted by atomic mass is 10.1. The average Bonchev–Trinajstić information content (AvgIpc) is 3.13. The summed E-state index contributed by atoms with van der Waals surface area (Å²) in [5, 5.41) is 7.68. The number of aryl methyl sites for hydroxylation is 1. The lowest BCUT2D eigenvalue weighted by Gasteiger charge is -2.34. The highest BCUT2D eigenvalue weighted by Gasteiger charge is 2.25. The molecule has 1 aliphatic heterocycles. The fraction of sp³-hybridized carbons (Fsp3) is 0.500. The maximum Gasteiger partial charge on any atom is 0.194 e. The van der Waals surface area contributed by atoms with Gasteiger partial charge in [-0.05, 0) is 18.1 Å². The summed E-state index contributed by atoms with van der Waals surface area (Å²) in [6, 6.07) is 8.28. The van der Waals surface area contributed by atoms with Crippen LogP contribution < -0.4 is 5.32 Å². The maximum absolute atomic E-state index is 5.96. The van der Waals surface area contributed by atoms with Crippen LogP contribution in [0.25, 0.3) is 0 Å². The highest BCUT2D eigenvalue weighted by molar-refractivity contribution is 5.80. The third-order valence-electron chi connectivity index (χ3n) is 4.61. The number of aromatic nitrogens is 2. The molecule has 7 heteroatoms. The first-order chi connectivity index (χ1) is 13.2. The topological polar surface area (TPSA) is 63.9 Å². The highest BCUT2D eigenvalue weighted by atomic mass is 16.5. The van der Waals surface area contributed by atoms with Crippen LogP contribution in [0, 0.1) is 0 Å². The average molecular weight is 371 g/mol. The standard InChI is InChI=1S/C20H29N5O2/c1-4-21-20(22-11-16-7-5-6-8-17(16)15-26-3)25-9-10-27-19(14-25)18-12-23-24(2)13-18/h5-8,12-13,19H,4,9-11,14-15H2,1-3H3,(H,21,22). The summed E-state index contributed by atoms with van der Waals surface area (Å²) in [7, 11) is 3.64. The third kappa shape index (κ3) is 5.08. The molecule has 1 aromatic heterocycles. The second-order valence-electron chi connectivity index (χ2n) is 6.62. The second kappa shape index (κ2) is 9.53. The molecule has 0 bridgehead atoms. The molecule has 1 unspecified atom stereocenters. The minimum Gasteiger partial charge on any atom is -0.380 e. The van der Waals surface area contributed by atoms with Crippen molar-refractivity contribution in [1.29, 1.82) is 0 Å². The molecule has 0 amide bonds. The van der Waals surface area contributed by atoms with Gasteiger partial charge in [-0.1, -0.05) is 24.3 Å². The zero-order chi connectivity index (χ0) is 19.1. The second-order valence-corrected chi connectivity index (χ2v) is 6.62. The number of rotatable bonds is 6. The van der Waals surface area contributed by atoms with E-state index in [-0.39, 0.29) is 6.10 Å². The van der Waals surface area contributed by atoms with Gasteiger partial charge in [-0.25, -0.2) is 4.99 Å². The van der Waals surface area contributed by atoms with E-state index in [2.05, 4.69) is 34.4 Å². The van der Waals surface area contributed by atoms with E-state index in [9.17, 15) is 0 Å². The molecule has 27 heavy (non-hydrogen) atoms. The van der Waals surface area contributed by atoms with Crippen LogP contribution in [-0.4, -0.2) is 54.0 Å². The van der Waals surface area contributed by atoms with Crippen molar-refractivity contribution in [3.05, 3.63) is 53.3 Å². The van der Waals surface area contributed by atoms with Gasteiger partial charge in [0.05, 0.1) is 32.5 Å². The molecule has 3 rings (SSSR count). The van der Waals surface area contributed by atoms with Crippen LogP contribution in [0.5, 0.6) is 0 Å². The number of nitrogens with zero attached hydrogens (tertiary/aromatic N) is 4. The summed E-state index contributed by atoms with van der Waals surface area (Å²) in [5.74, 6) is 0.918. The molecule has 1 aromatic carbocycles. The molecule has 1 saturated heterocycles. The first-order valence-corrected chi connectivity index (χ1v) is 9.40. The Morgan fingerprint density at radius 3 is 2.89 bits per heavy atom. The van der Waals surface area contributed by atoms with Crippen LogP contribution in [0.3, 0.4) is 0 Å². The van der Waals surface area contributed by atoms with Crippen molar-refractivity contribution in [3.63, 3.8) is 0 Å². The Hall–Kier alpha value is -2.38. The number of benzene rings is 1. The largest absolute Gasteiger partial charge is 0.380 e. The SMILES string of the molecule is CCNC(=NCc1ccccc1COC)N1CCOC(c2cnn(C)c2)C1. The lowest BCUT2D eigenvalue weighted by molar-refractivity contribution is -0.00805. The Morgan fingerprint density at radius 1 is 1.37 bits per heavy atom. The van der Waals surface area contributed by atoms with Crippen LogP contribution in [0.2, 0.25) is 0 Å². The Bertz CT molecular complexity index is 758. The van der Waals surface area contributed by atoms with Gasteiger partial charge >= 0.3 is 0 Å². The van der Waals surface area contributed by atoms with E-state index < -0.39 is 0 Å². The molecule has 1 aliphatic rings. The summed E-state index contributed by atoms with van der Waals surface area (Å²) in [5.41, 5.74) is 3.46. The van der Waals surface area contributed by atoms with E-state index in [1.165, 1.54) is 11.1 Å². The molecule has 0 spiro atoms. The predicted octanol–water partition coefficient (Wildman–Crippen LogP) is 2.11. The van der Waals surface area contributed by atoms with Gasteiger partial charge in [-0.3, -0.25) is 4.68 Å². The normalized spacial score (nSPS) is 18.0. The number of hydrogen-bond donors (Lipinski definition) is 1. The third-order valence-corrected chi connectivity index (χ3v) is 4.61. The first-order valence-electron chi connectivity index (χ1n) is 9.40. The summed E-state index contributed by atoms with van der Waals surface area (Å²) in [6.07, 6.45) is 3.90. The van der Waals surface area contributed by atoms with Gasteiger partial charge in [0.15, 0.2) is 5.96 Å². The van der Waals surface area contributed by atoms with Gasteiger partial charge in [0.1, 0.15) is 6.10 Å². The van der Waals surface area contributed by atoms with Gasteiger partial charge in [-0.2, -0.15) is 5.10 Å². The smallest absolute Gasteiger partial charge is 0.194 e. The first kappa shape index (κ1) is 19.4. The number of ether oxygens (including phenoxy) is 2. The van der Waals surface area contributed by atoms with Gasteiger partial charge in [0, 0.05) is 39.0 Å². The fourth-order valence-corrected chi connectivity index (χ4v) is 3.24. The Labute approximate surface area is 161 Å². The Balaban J connectivity index is 1.73. The Kier molecular flexibility index (Phi) is 6.84. The van der Waals surface area contributed by atoms with Crippen molar-refractivity contribution >= 4 is 5.96 Å². The molecule has 2 aromatic rings.